The van der Waals surface area contributed by atoms with Gasteiger partial charge in [-0.3, -0.25) is 0 Å². The monoisotopic (exact) mass is 271 g/mol. The average molecular weight is 272 g/mol. The minimum atomic E-state index is -0.206. The van der Waals surface area contributed by atoms with Crippen molar-refractivity contribution in [2.45, 2.75) is 38.8 Å². The zero-order valence-electron chi connectivity index (χ0n) is 10.6. The molecular formula is C11H18ClN5O. The van der Waals surface area contributed by atoms with Gasteiger partial charge in [-0.15, -0.1) is 0 Å². The molecule has 18 heavy (non-hydrogen) atoms. The van der Waals surface area contributed by atoms with Crippen molar-refractivity contribution in [1.29, 1.82) is 0 Å². The van der Waals surface area contributed by atoms with E-state index in [1.54, 1.807) is 0 Å². The molecule has 1 aliphatic rings. The second kappa shape index (κ2) is 5.67. The van der Waals surface area contributed by atoms with Crippen molar-refractivity contribution < 1.29 is 5.11 Å². The summed E-state index contributed by atoms with van der Waals surface area (Å²) >= 11 is 5.90. The lowest BCUT2D eigenvalue weighted by molar-refractivity contribution is 0.0834. The number of anilines is 2. The van der Waals surface area contributed by atoms with E-state index < -0.39 is 0 Å². The van der Waals surface area contributed by atoms with Gasteiger partial charge < -0.3 is 15.3 Å². The fourth-order valence-electron chi connectivity index (χ4n) is 1.94. The number of halogens is 1. The fourth-order valence-corrected chi connectivity index (χ4v) is 2.10. The summed E-state index contributed by atoms with van der Waals surface area (Å²) < 4.78 is 0. The van der Waals surface area contributed by atoms with E-state index in [0.717, 1.165) is 25.9 Å². The Morgan fingerprint density at radius 1 is 1.28 bits per heavy atom. The molecule has 1 saturated carbocycles. The molecular weight excluding hydrogens is 254 g/mol. The zero-order valence-corrected chi connectivity index (χ0v) is 11.4. The van der Waals surface area contributed by atoms with Gasteiger partial charge in [0.25, 0.3) is 0 Å². The second-order valence-electron chi connectivity index (χ2n) is 4.37. The Bertz CT molecular complexity index is 406. The molecule has 2 rings (SSSR count). The van der Waals surface area contributed by atoms with Gasteiger partial charge in [0.1, 0.15) is 0 Å². The van der Waals surface area contributed by atoms with Crippen LogP contribution in [0.1, 0.15) is 26.7 Å². The minimum absolute atomic E-state index is 0.189. The molecule has 0 amide bonds. The van der Waals surface area contributed by atoms with E-state index in [0.29, 0.717) is 11.9 Å². The van der Waals surface area contributed by atoms with Crippen LogP contribution >= 0.6 is 11.6 Å². The molecule has 1 fully saturated rings. The van der Waals surface area contributed by atoms with Crippen LogP contribution in [0.2, 0.25) is 5.28 Å². The second-order valence-corrected chi connectivity index (χ2v) is 4.70. The third-order valence-corrected chi connectivity index (χ3v) is 3.26. The Kier molecular flexibility index (Phi) is 4.19. The molecule has 0 saturated heterocycles. The third kappa shape index (κ3) is 3.00. The summed E-state index contributed by atoms with van der Waals surface area (Å²) in [5.41, 5.74) is 0. The Morgan fingerprint density at radius 2 is 1.94 bits per heavy atom. The van der Waals surface area contributed by atoms with Crippen molar-refractivity contribution in [3.8, 4) is 0 Å². The Hall–Kier alpha value is -1.14. The summed E-state index contributed by atoms with van der Waals surface area (Å²) in [5, 5.41) is 12.6. The SMILES string of the molecule is CCN(CC)c1nc(Cl)nc(NC2CC(O)C2)n1. The first-order chi connectivity index (χ1) is 8.62. The molecule has 1 aromatic rings. The molecule has 0 bridgehead atoms. The van der Waals surface area contributed by atoms with E-state index in [2.05, 4.69) is 20.3 Å². The maximum Gasteiger partial charge on any atom is 0.231 e. The van der Waals surface area contributed by atoms with Gasteiger partial charge in [-0.1, -0.05) is 0 Å². The van der Waals surface area contributed by atoms with Crippen LogP contribution in [0.3, 0.4) is 0 Å². The molecule has 100 valence electrons. The first kappa shape index (κ1) is 13.3. The normalized spacial score (nSPS) is 22.4. The van der Waals surface area contributed by atoms with Crippen molar-refractivity contribution in [2.24, 2.45) is 0 Å². The molecule has 0 spiro atoms. The van der Waals surface area contributed by atoms with Crippen LogP contribution in [0, 0.1) is 0 Å². The first-order valence-electron chi connectivity index (χ1n) is 6.23. The van der Waals surface area contributed by atoms with E-state index in [1.165, 1.54) is 0 Å². The van der Waals surface area contributed by atoms with E-state index in [1.807, 2.05) is 18.7 Å². The van der Waals surface area contributed by atoms with Crippen molar-refractivity contribution in [2.75, 3.05) is 23.3 Å². The zero-order chi connectivity index (χ0) is 13.1. The summed E-state index contributed by atoms with van der Waals surface area (Å²) in [6.45, 7) is 5.71. The largest absolute Gasteiger partial charge is 0.393 e. The van der Waals surface area contributed by atoms with E-state index in [9.17, 15) is 5.11 Å². The maximum atomic E-state index is 9.24. The highest BCUT2D eigenvalue weighted by molar-refractivity contribution is 6.28. The molecule has 7 heteroatoms. The Balaban J connectivity index is 2.10. The summed E-state index contributed by atoms with van der Waals surface area (Å²) in [6, 6.07) is 0.225. The molecule has 0 aliphatic heterocycles. The molecule has 0 atom stereocenters. The minimum Gasteiger partial charge on any atom is -0.393 e. The summed E-state index contributed by atoms with van der Waals surface area (Å²) in [5.74, 6) is 1.07. The van der Waals surface area contributed by atoms with Crippen LogP contribution in [-0.4, -0.2) is 45.3 Å². The van der Waals surface area contributed by atoms with Crippen LogP contribution in [-0.2, 0) is 0 Å². The van der Waals surface area contributed by atoms with Crippen LogP contribution in [0.15, 0.2) is 0 Å². The predicted molar refractivity (Wildman–Crippen MR) is 71.0 cm³/mol. The number of rotatable bonds is 5. The number of hydrogen-bond donors (Lipinski definition) is 2. The highest BCUT2D eigenvalue weighted by Gasteiger charge is 2.27. The number of aromatic nitrogens is 3. The third-order valence-electron chi connectivity index (χ3n) is 3.09. The van der Waals surface area contributed by atoms with Crippen molar-refractivity contribution in [3.05, 3.63) is 5.28 Å². The lowest BCUT2D eigenvalue weighted by Gasteiger charge is -2.32. The lowest BCUT2D eigenvalue weighted by Crippen LogP contribution is -2.39. The van der Waals surface area contributed by atoms with Gasteiger partial charge in [0.05, 0.1) is 6.10 Å². The number of aliphatic hydroxyl groups is 1. The highest BCUT2D eigenvalue weighted by atomic mass is 35.5. The van der Waals surface area contributed by atoms with Crippen LogP contribution < -0.4 is 10.2 Å². The first-order valence-corrected chi connectivity index (χ1v) is 6.61. The van der Waals surface area contributed by atoms with Crippen LogP contribution in [0.4, 0.5) is 11.9 Å². The summed E-state index contributed by atoms with van der Waals surface area (Å²) in [7, 11) is 0. The molecule has 1 heterocycles. The van der Waals surface area contributed by atoms with E-state index in [-0.39, 0.29) is 17.4 Å². The molecule has 0 unspecified atom stereocenters. The maximum absolute atomic E-state index is 9.24. The average Bonchev–Trinajstić information content (AvgIpc) is 2.28. The van der Waals surface area contributed by atoms with E-state index in [4.69, 9.17) is 11.6 Å². The van der Waals surface area contributed by atoms with Crippen molar-refractivity contribution in [1.82, 2.24) is 15.0 Å². The molecule has 2 N–H and O–H groups in total. The van der Waals surface area contributed by atoms with Crippen molar-refractivity contribution in [3.63, 3.8) is 0 Å². The fraction of sp³-hybridized carbons (Fsp3) is 0.727. The smallest absolute Gasteiger partial charge is 0.231 e. The summed E-state index contributed by atoms with van der Waals surface area (Å²) in [4.78, 5) is 14.5. The van der Waals surface area contributed by atoms with E-state index >= 15 is 0 Å². The quantitative estimate of drug-likeness (QED) is 0.841. The molecule has 0 aromatic carbocycles. The molecule has 1 aliphatic carbocycles. The van der Waals surface area contributed by atoms with Gasteiger partial charge in [-0.2, -0.15) is 15.0 Å². The van der Waals surface area contributed by atoms with Gasteiger partial charge in [0.2, 0.25) is 17.2 Å². The predicted octanol–water partition coefficient (Wildman–Crippen LogP) is 1.31. The van der Waals surface area contributed by atoms with Crippen molar-refractivity contribution >= 4 is 23.5 Å². The Labute approximate surface area is 111 Å². The van der Waals surface area contributed by atoms with Gasteiger partial charge in [0.15, 0.2) is 0 Å². The van der Waals surface area contributed by atoms with Gasteiger partial charge in [0, 0.05) is 19.1 Å². The van der Waals surface area contributed by atoms with Crippen LogP contribution in [0.25, 0.3) is 0 Å². The van der Waals surface area contributed by atoms with Gasteiger partial charge >= 0.3 is 0 Å². The standard InChI is InChI=1S/C11H18ClN5O/c1-3-17(4-2)11-15-9(12)14-10(16-11)13-7-5-8(18)6-7/h7-8,18H,3-6H2,1-2H3,(H,13,14,15,16). The molecule has 1 aromatic heterocycles. The summed E-state index contributed by atoms with van der Waals surface area (Å²) in [6.07, 6.45) is 1.25. The topological polar surface area (TPSA) is 74.2 Å². The van der Waals surface area contributed by atoms with Gasteiger partial charge in [-0.05, 0) is 38.3 Å². The molecule has 6 nitrogen and oxygen atoms in total. The highest BCUT2D eigenvalue weighted by Crippen LogP contribution is 2.23. The molecule has 0 radical (unpaired) electrons. The number of aliphatic hydroxyl groups excluding tert-OH is 1. The number of nitrogens with one attached hydrogen (secondary N) is 1. The van der Waals surface area contributed by atoms with Crippen LogP contribution in [0.5, 0.6) is 0 Å². The number of hydrogen-bond acceptors (Lipinski definition) is 6. The number of nitrogens with zero attached hydrogens (tertiary/aromatic N) is 4. The lowest BCUT2D eigenvalue weighted by atomic mass is 9.90. The van der Waals surface area contributed by atoms with Gasteiger partial charge in [-0.25, -0.2) is 0 Å². The Morgan fingerprint density at radius 3 is 2.50 bits per heavy atom.